The summed E-state index contributed by atoms with van der Waals surface area (Å²) < 4.78 is 19.1. The molecule has 4 aliphatic heterocycles. The van der Waals surface area contributed by atoms with Gasteiger partial charge in [-0.15, -0.1) is 0 Å². The van der Waals surface area contributed by atoms with E-state index in [-0.39, 0.29) is 42.6 Å². The maximum Gasteiger partial charge on any atom is 0.265 e. The highest BCUT2D eigenvalue weighted by Crippen LogP contribution is 2.36. The molecule has 192 valence electrons. The predicted molar refractivity (Wildman–Crippen MR) is 130 cm³/mol. The van der Waals surface area contributed by atoms with E-state index in [1.807, 2.05) is 18.2 Å². The summed E-state index contributed by atoms with van der Waals surface area (Å²) in [6, 6.07) is 9.49. The van der Waals surface area contributed by atoms with Gasteiger partial charge in [0, 0.05) is 50.3 Å². The number of anilines is 1. The summed E-state index contributed by atoms with van der Waals surface area (Å²) in [6.45, 7) is 2.58. The first-order valence-electron chi connectivity index (χ1n) is 12.6. The largest absolute Gasteiger partial charge is 0.481 e. The van der Waals surface area contributed by atoms with E-state index in [4.69, 9.17) is 4.74 Å². The zero-order valence-corrected chi connectivity index (χ0v) is 20.2. The fourth-order valence-electron chi connectivity index (χ4n) is 5.87. The van der Waals surface area contributed by atoms with Crippen LogP contribution >= 0.6 is 0 Å². The minimum absolute atomic E-state index is 0.0246. The van der Waals surface area contributed by atoms with Crippen molar-refractivity contribution >= 4 is 29.3 Å². The van der Waals surface area contributed by atoms with Crippen molar-refractivity contribution in [3.05, 3.63) is 58.9 Å². The molecule has 6 rings (SSSR count). The van der Waals surface area contributed by atoms with Gasteiger partial charge in [-0.1, -0.05) is 12.1 Å². The minimum atomic E-state index is -0.621. The van der Waals surface area contributed by atoms with Crippen molar-refractivity contribution in [2.75, 3.05) is 24.6 Å². The van der Waals surface area contributed by atoms with Crippen LogP contribution in [0.15, 0.2) is 36.4 Å². The smallest absolute Gasteiger partial charge is 0.265 e. The summed E-state index contributed by atoms with van der Waals surface area (Å²) in [5.74, 6) is -0.978. The lowest BCUT2D eigenvalue weighted by molar-refractivity contribution is -0.137. The Morgan fingerprint density at radius 1 is 1.00 bits per heavy atom. The summed E-state index contributed by atoms with van der Waals surface area (Å²) in [5, 5.41) is 2.33. The van der Waals surface area contributed by atoms with E-state index in [1.165, 1.54) is 12.1 Å². The summed E-state index contributed by atoms with van der Waals surface area (Å²) in [4.78, 5) is 55.0. The molecule has 4 heterocycles. The molecule has 2 aromatic rings. The summed E-state index contributed by atoms with van der Waals surface area (Å²) in [7, 11) is 0. The van der Waals surface area contributed by atoms with Crippen LogP contribution in [0.1, 0.15) is 47.2 Å². The third-order valence-corrected chi connectivity index (χ3v) is 7.72. The molecule has 2 aromatic carbocycles. The van der Waals surface area contributed by atoms with E-state index in [0.29, 0.717) is 36.5 Å². The summed E-state index contributed by atoms with van der Waals surface area (Å²) in [5.41, 5.74) is 3.20. The monoisotopic (exact) mass is 506 g/mol. The molecule has 1 unspecified atom stereocenters. The van der Waals surface area contributed by atoms with E-state index >= 15 is 0 Å². The molecule has 0 saturated carbocycles. The predicted octanol–water partition coefficient (Wildman–Crippen LogP) is 1.98. The van der Waals surface area contributed by atoms with E-state index in [0.717, 1.165) is 37.1 Å². The van der Waals surface area contributed by atoms with Gasteiger partial charge in [0.25, 0.3) is 11.8 Å². The lowest BCUT2D eigenvalue weighted by atomic mass is 10.00. The molecular formula is C27H27FN4O5. The third-order valence-electron chi connectivity index (χ3n) is 7.72. The maximum absolute atomic E-state index is 13.6. The molecule has 0 radical (unpaired) electrons. The number of hydrogen-bond donors (Lipinski definition) is 1. The summed E-state index contributed by atoms with van der Waals surface area (Å²) in [6.07, 6.45) is 2.15. The van der Waals surface area contributed by atoms with E-state index < -0.39 is 11.9 Å². The van der Waals surface area contributed by atoms with E-state index in [9.17, 15) is 23.6 Å². The molecule has 0 spiro atoms. The Morgan fingerprint density at radius 2 is 1.81 bits per heavy atom. The molecule has 9 nitrogen and oxygen atoms in total. The van der Waals surface area contributed by atoms with Gasteiger partial charge in [0.05, 0.1) is 5.69 Å². The van der Waals surface area contributed by atoms with Crippen LogP contribution in [0.3, 0.4) is 0 Å². The van der Waals surface area contributed by atoms with Crippen molar-refractivity contribution in [3.8, 4) is 5.75 Å². The zero-order valence-electron chi connectivity index (χ0n) is 20.2. The second-order valence-electron chi connectivity index (χ2n) is 10.1. The molecule has 0 aromatic heterocycles. The fraction of sp³-hybridized carbons (Fsp3) is 0.407. The van der Waals surface area contributed by atoms with Crippen LogP contribution in [0.4, 0.5) is 10.1 Å². The van der Waals surface area contributed by atoms with Crippen LogP contribution in [0.25, 0.3) is 0 Å². The zero-order chi connectivity index (χ0) is 25.7. The number of rotatable bonds is 4. The van der Waals surface area contributed by atoms with Crippen LogP contribution in [-0.2, 0) is 27.5 Å². The van der Waals surface area contributed by atoms with Crippen molar-refractivity contribution in [2.24, 2.45) is 0 Å². The van der Waals surface area contributed by atoms with E-state index in [2.05, 4.69) is 10.2 Å². The number of halogens is 1. The second kappa shape index (κ2) is 9.26. The van der Waals surface area contributed by atoms with Gasteiger partial charge in [-0.25, -0.2) is 4.39 Å². The number of benzene rings is 2. The van der Waals surface area contributed by atoms with Crippen molar-refractivity contribution in [3.63, 3.8) is 0 Å². The number of carbonyl (C=O) groups excluding carboxylic acids is 4. The number of imide groups is 1. The number of piperidine rings is 2. The Balaban J connectivity index is 1.09. The Morgan fingerprint density at radius 3 is 2.59 bits per heavy atom. The average Bonchev–Trinajstić information content (AvgIpc) is 3.20. The van der Waals surface area contributed by atoms with Gasteiger partial charge in [0.2, 0.25) is 11.8 Å². The van der Waals surface area contributed by atoms with Crippen LogP contribution in [0.2, 0.25) is 0 Å². The Hall–Kier alpha value is -3.79. The summed E-state index contributed by atoms with van der Waals surface area (Å²) >= 11 is 0. The molecule has 0 aliphatic carbocycles. The SMILES string of the molecule is O=C1CCC(N2Cc3cc(CN4CCC(N5C(=O)COc6cc(F)ccc65)CC4)ccc3C2=O)C(=O)N1. The number of carbonyl (C=O) groups is 4. The van der Waals surface area contributed by atoms with Crippen LogP contribution in [0, 0.1) is 5.82 Å². The van der Waals surface area contributed by atoms with Crippen LogP contribution in [-0.4, -0.2) is 65.2 Å². The first-order chi connectivity index (χ1) is 17.9. The van der Waals surface area contributed by atoms with Gasteiger partial charge in [-0.05, 0) is 48.6 Å². The van der Waals surface area contributed by atoms with E-state index in [1.54, 1.807) is 15.9 Å². The highest BCUT2D eigenvalue weighted by molar-refractivity contribution is 6.05. The molecule has 37 heavy (non-hydrogen) atoms. The third kappa shape index (κ3) is 4.35. The minimum Gasteiger partial charge on any atom is -0.481 e. The fourth-order valence-corrected chi connectivity index (χ4v) is 5.87. The lowest BCUT2D eigenvalue weighted by Gasteiger charge is -2.40. The van der Waals surface area contributed by atoms with Crippen molar-refractivity contribution in [2.45, 2.75) is 50.9 Å². The molecule has 10 heteroatoms. The molecular weight excluding hydrogens is 479 g/mol. The number of likely N-dealkylation sites (tertiary alicyclic amines) is 1. The van der Waals surface area contributed by atoms with Gasteiger partial charge in [0.1, 0.15) is 17.6 Å². The Kier molecular flexibility index (Phi) is 5.91. The van der Waals surface area contributed by atoms with Gasteiger partial charge in [0.15, 0.2) is 6.61 Å². The van der Waals surface area contributed by atoms with Gasteiger partial charge < -0.3 is 14.5 Å². The standard InChI is InChI=1S/C27H27FN4O5/c28-18-2-4-21-23(12-18)37-15-25(34)32(21)19-7-9-30(10-8-19)13-16-1-3-20-17(11-16)14-31(27(20)36)22-5-6-24(33)29-26(22)35/h1-4,11-12,19,22H,5-10,13-15H2,(H,29,33,35). The maximum atomic E-state index is 13.6. The number of nitrogens with one attached hydrogen (secondary N) is 1. The van der Waals surface area contributed by atoms with Crippen molar-refractivity contribution in [1.29, 1.82) is 0 Å². The molecule has 4 aliphatic rings. The molecule has 1 N–H and O–H groups in total. The highest BCUT2D eigenvalue weighted by Gasteiger charge is 2.39. The first-order valence-corrected chi connectivity index (χ1v) is 12.6. The molecule has 2 saturated heterocycles. The molecule has 0 bridgehead atoms. The van der Waals surface area contributed by atoms with Crippen molar-refractivity contribution in [1.82, 2.24) is 15.1 Å². The number of amides is 4. The normalized spacial score (nSPS) is 22.6. The molecule has 4 amide bonds. The molecule has 1 atom stereocenters. The topological polar surface area (TPSA) is 99.3 Å². The first kappa shape index (κ1) is 23.6. The van der Waals surface area contributed by atoms with Crippen LogP contribution in [0.5, 0.6) is 5.75 Å². The Bertz CT molecular complexity index is 1310. The average molecular weight is 507 g/mol. The number of fused-ring (bicyclic) bond motifs is 2. The van der Waals surface area contributed by atoms with Crippen molar-refractivity contribution < 1.29 is 28.3 Å². The van der Waals surface area contributed by atoms with Gasteiger partial charge in [-0.2, -0.15) is 0 Å². The lowest BCUT2D eigenvalue weighted by Crippen LogP contribution is -2.52. The van der Waals surface area contributed by atoms with Gasteiger partial charge in [-0.3, -0.25) is 29.4 Å². The quantitative estimate of drug-likeness (QED) is 0.637. The Labute approximate surface area is 213 Å². The highest BCUT2D eigenvalue weighted by atomic mass is 19.1. The second-order valence-corrected chi connectivity index (χ2v) is 10.1. The number of nitrogens with zero attached hydrogens (tertiary/aromatic N) is 3. The number of hydrogen-bond acceptors (Lipinski definition) is 6. The van der Waals surface area contributed by atoms with Gasteiger partial charge >= 0.3 is 0 Å². The number of ether oxygens (including phenoxy) is 1. The molecule has 2 fully saturated rings. The van der Waals surface area contributed by atoms with Crippen LogP contribution < -0.4 is 15.0 Å².